The first-order chi connectivity index (χ1) is 9.31. The number of carbonyl (C=O) groups is 1. The Labute approximate surface area is 118 Å². The van der Waals surface area contributed by atoms with Gasteiger partial charge < -0.3 is 0 Å². The smallest absolute Gasteiger partial charge is 0.132 e. The number of hydrogen-bond acceptors (Lipinski definition) is 1. The third-order valence-corrected chi connectivity index (χ3v) is 2.94. The van der Waals surface area contributed by atoms with E-state index in [1.165, 1.54) is 25.7 Å². The van der Waals surface area contributed by atoms with Gasteiger partial charge in [-0.25, -0.2) is 0 Å². The molecule has 0 aliphatic heterocycles. The number of carbonyl (C=O) groups excluding carboxylic acids is 1. The number of rotatable bonds is 12. The lowest BCUT2D eigenvalue weighted by Crippen LogP contribution is -1.93. The average molecular weight is 260 g/mol. The molecule has 0 aliphatic carbocycles. The van der Waals surface area contributed by atoms with E-state index in [0.717, 1.165) is 19.3 Å². The fourth-order valence-electron chi connectivity index (χ4n) is 1.74. The zero-order chi connectivity index (χ0) is 14.2. The SMILES string of the molecule is C=CC=CC=CC=CCCCCCCCC(=O)CC. The lowest BCUT2D eigenvalue weighted by atomic mass is 10.1. The van der Waals surface area contributed by atoms with E-state index >= 15 is 0 Å². The second kappa shape index (κ2) is 14.7. The van der Waals surface area contributed by atoms with E-state index in [-0.39, 0.29) is 0 Å². The van der Waals surface area contributed by atoms with E-state index in [4.69, 9.17) is 0 Å². The Balaban J connectivity index is 3.29. The number of unbranched alkanes of at least 4 members (excludes halogenated alkanes) is 5. The Bertz CT molecular complexity index is 308. The van der Waals surface area contributed by atoms with Gasteiger partial charge >= 0.3 is 0 Å². The number of Topliss-reactive ketones (excluding diaryl/α,β-unsaturated/α-hetero) is 1. The average Bonchev–Trinajstić information content (AvgIpc) is 2.43. The van der Waals surface area contributed by atoms with Crippen LogP contribution in [-0.4, -0.2) is 5.78 Å². The summed E-state index contributed by atoms with van der Waals surface area (Å²) >= 11 is 0. The molecule has 0 atom stereocenters. The summed E-state index contributed by atoms with van der Waals surface area (Å²) in [5, 5.41) is 0. The number of ketones is 1. The van der Waals surface area contributed by atoms with E-state index in [2.05, 4.69) is 18.7 Å². The lowest BCUT2D eigenvalue weighted by Gasteiger charge is -1.99. The van der Waals surface area contributed by atoms with Crippen LogP contribution >= 0.6 is 0 Å². The molecule has 0 amide bonds. The molecular weight excluding hydrogens is 232 g/mol. The highest BCUT2D eigenvalue weighted by atomic mass is 16.1. The number of hydrogen-bond donors (Lipinski definition) is 0. The van der Waals surface area contributed by atoms with Crippen LogP contribution in [0.2, 0.25) is 0 Å². The van der Waals surface area contributed by atoms with E-state index in [9.17, 15) is 4.79 Å². The fraction of sp³-hybridized carbons (Fsp3) is 0.500. The Morgan fingerprint density at radius 2 is 1.53 bits per heavy atom. The maximum Gasteiger partial charge on any atom is 0.132 e. The van der Waals surface area contributed by atoms with Gasteiger partial charge in [-0.05, 0) is 19.3 Å². The minimum atomic E-state index is 0.403. The Morgan fingerprint density at radius 1 is 0.895 bits per heavy atom. The predicted octanol–water partition coefficient (Wildman–Crippen LogP) is 5.55. The molecule has 0 heterocycles. The Morgan fingerprint density at radius 3 is 2.26 bits per heavy atom. The molecule has 0 saturated carbocycles. The minimum absolute atomic E-state index is 0.403. The molecule has 0 aromatic carbocycles. The van der Waals surface area contributed by atoms with E-state index in [0.29, 0.717) is 12.2 Å². The zero-order valence-corrected chi connectivity index (χ0v) is 12.3. The molecule has 0 aliphatic rings. The molecule has 1 heteroatoms. The van der Waals surface area contributed by atoms with Crippen LogP contribution in [0.15, 0.2) is 49.1 Å². The molecule has 1 nitrogen and oxygen atoms in total. The summed E-state index contributed by atoms with van der Waals surface area (Å²) in [4.78, 5) is 11.1. The molecule has 0 radical (unpaired) electrons. The van der Waals surface area contributed by atoms with Crippen LogP contribution in [0.5, 0.6) is 0 Å². The van der Waals surface area contributed by atoms with Crippen molar-refractivity contribution in [3.63, 3.8) is 0 Å². The highest BCUT2D eigenvalue weighted by Crippen LogP contribution is 2.08. The standard InChI is InChI=1S/C18H28O/c1-3-5-6-7-8-9-10-11-12-13-14-15-16-17-18(19)4-2/h3,5-10H,1,4,11-17H2,2H3. The summed E-state index contributed by atoms with van der Waals surface area (Å²) < 4.78 is 0. The first-order valence-electron chi connectivity index (χ1n) is 7.43. The Kier molecular flexibility index (Phi) is 13.6. The fourth-order valence-corrected chi connectivity index (χ4v) is 1.74. The molecule has 0 unspecified atom stereocenters. The van der Waals surface area contributed by atoms with Gasteiger partial charge in [0.1, 0.15) is 5.78 Å². The third kappa shape index (κ3) is 14.6. The normalized spacial score (nSPS) is 11.8. The lowest BCUT2D eigenvalue weighted by molar-refractivity contribution is -0.118. The van der Waals surface area contributed by atoms with Crippen LogP contribution < -0.4 is 0 Å². The molecule has 0 bridgehead atoms. The molecular formula is C18H28O. The molecule has 19 heavy (non-hydrogen) atoms. The van der Waals surface area contributed by atoms with Gasteiger partial charge in [0, 0.05) is 12.8 Å². The quantitative estimate of drug-likeness (QED) is 0.332. The van der Waals surface area contributed by atoms with Crippen molar-refractivity contribution < 1.29 is 4.79 Å². The first kappa shape index (κ1) is 17.6. The highest BCUT2D eigenvalue weighted by Gasteiger charge is 1.97. The maximum absolute atomic E-state index is 11.1. The highest BCUT2D eigenvalue weighted by molar-refractivity contribution is 5.77. The van der Waals surface area contributed by atoms with Crippen molar-refractivity contribution in [1.82, 2.24) is 0 Å². The second-order valence-electron chi connectivity index (χ2n) is 4.63. The molecule has 0 saturated heterocycles. The molecule has 0 spiro atoms. The van der Waals surface area contributed by atoms with Crippen LogP contribution in [-0.2, 0) is 4.79 Å². The van der Waals surface area contributed by atoms with Crippen molar-refractivity contribution in [3.8, 4) is 0 Å². The van der Waals surface area contributed by atoms with E-state index in [1.807, 2.05) is 31.2 Å². The zero-order valence-electron chi connectivity index (χ0n) is 12.3. The van der Waals surface area contributed by atoms with Crippen LogP contribution in [0.4, 0.5) is 0 Å². The van der Waals surface area contributed by atoms with Crippen molar-refractivity contribution in [2.75, 3.05) is 0 Å². The van der Waals surface area contributed by atoms with Gasteiger partial charge in [0.05, 0.1) is 0 Å². The Hall–Kier alpha value is -1.37. The summed E-state index contributed by atoms with van der Waals surface area (Å²) in [5.74, 6) is 0.403. The summed E-state index contributed by atoms with van der Waals surface area (Å²) in [7, 11) is 0. The topological polar surface area (TPSA) is 17.1 Å². The third-order valence-electron chi connectivity index (χ3n) is 2.94. The van der Waals surface area contributed by atoms with Crippen molar-refractivity contribution in [2.24, 2.45) is 0 Å². The number of allylic oxidation sites excluding steroid dienone is 7. The van der Waals surface area contributed by atoms with Crippen LogP contribution in [0.3, 0.4) is 0 Å². The van der Waals surface area contributed by atoms with Gasteiger partial charge in [0.15, 0.2) is 0 Å². The summed E-state index contributed by atoms with van der Waals surface area (Å²) in [5.41, 5.74) is 0. The molecule has 0 rings (SSSR count). The summed E-state index contributed by atoms with van der Waals surface area (Å²) in [6.45, 7) is 5.55. The molecule has 106 valence electrons. The maximum atomic E-state index is 11.1. The first-order valence-corrected chi connectivity index (χ1v) is 7.43. The summed E-state index contributed by atoms with van der Waals surface area (Å²) in [6.07, 6.45) is 22.6. The van der Waals surface area contributed by atoms with Gasteiger partial charge in [0.25, 0.3) is 0 Å². The predicted molar refractivity (Wildman–Crippen MR) is 85.2 cm³/mol. The molecule has 0 N–H and O–H groups in total. The van der Waals surface area contributed by atoms with E-state index < -0.39 is 0 Å². The van der Waals surface area contributed by atoms with Crippen LogP contribution in [0.25, 0.3) is 0 Å². The molecule has 0 aromatic rings. The van der Waals surface area contributed by atoms with Crippen molar-refractivity contribution >= 4 is 5.78 Å². The van der Waals surface area contributed by atoms with Gasteiger partial charge in [-0.1, -0.05) is 75.3 Å². The van der Waals surface area contributed by atoms with Crippen molar-refractivity contribution in [1.29, 1.82) is 0 Å². The van der Waals surface area contributed by atoms with E-state index in [1.54, 1.807) is 6.08 Å². The van der Waals surface area contributed by atoms with Gasteiger partial charge in [-0.3, -0.25) is 4.79 Å². The van der Waals surface area contributed by atoms with Crippen molar-refractivity contribution in [3.05, 3.63) is 49.1 Å². The molecule has 0 fully saturated rings. The molecule has 0 aromatic heterocycles. The van der Waals surface area contributed by atoms with Crippen molar-refractivity contribution in [2.45, 2.75) is 58.3 Å². The monoisotopic (exact) mass is 260 g/mol. The minimum Gasteiger partial charge on any atom is -0.300 e. The second-order valence-corrected chi connectivity index (χ2v) is 4.63. The largest absolute Gasteiger partial charge is 0.300 e. The summed E-state index contributed by atoms with van der Waals surface area (Å²) in [6, 6.07) is 0. The van der Waals surface area contributed by atoms with Gasteiger partial charge in [0.2, 0.25) is 0 Å². The van der Waals surface area contributed by atoms with Crippen LogP contribution in [0.1, 0.15) is 58.3 Å². The van der Waals surface area contributed by atoms with Crippen LogP contribution in [0, 0.1) is 0 Å². The van der Waals surface area contributed by atoms with Gasteiger partial charge in [-0.15, -0.1) is 0 Å². The van der Waals surface area contributed by atoms with Gasteiger partial charge in [-0.2, -0.15) is 0 Å².